The Morgan fingerprint density at radius 3 is 2.94 bits per heavy atom. The molecule has 92 valence electrons. The van der Waals surface area contributed by atoms with Crippen molar-refractivity contribution in [2.45, 2.75) is 19.3 Å². The van der Waals surface area contributed by atoms with Crippen LogP contribution in [-0.2, 0) is 0 Å². The van der Waals surface area contributed by atoms with E-state index in [0.29, 0.717) is 13.0 Å². The molecule has 0 aliphatic rings. The number of nitrogens with zero attached hydrogens (tertiary/aromatic N) is 3. The van der Waals surface area contributed by atoms with Crippen LogP contribution in [-0.4, -0.2) is 16.5 Å². The number of hydrogen-bond acceptors (Lipinski definition) is 5. The Labute approximate surface area is 105 Å². The molecule has 0 amide bonds. The van der Waals surface area contributed by atoms with Crippen molar-refractivity contribution in [2.75, 3.05) is 11.9 Å². The van der Waals surface area contributed by atoms with E-state index in [4.69, 9.17) is 11.7 Å². The Kier molecular flexibility index (Phi) is 5.14. The van der Waals surface area contributed by atoms with Gasteiger partial charge in [0, 0.05) is 19.2 Å². The van der Waals surface area contributed by atoms with Crippen LogP contribution in [0, 0.1) is 33.8 Å². The summed E-state index contributed by atoms with van der Waals surface area (Å²) in [6.45, 7) is 0.532. The maximum Gasteiger partial charge on any atom is 0.328 e. The summed E-state index contributed by atoms with van der Waals surface area (Å²) in [6.07, 6.45) is 8.80. The number of pyridine rings is 1. The molecule has 18 heavy (non-hydrogen) atoms. The minimum absolute atomic E-state index is 0.00104. The molecule has 0 saturated heterocycles. The SMILES string of the molecule is C#CCCCCNc1nccc(C#N)c1[N+](=O)[O-]. The number of terminal acetylenes is 1. The van der Waals surface area contributed by atoms with Crippen LogP contribution in [0.2, 0.25) is 0 Å². The Bertz CT molecular complexity index is 514. The third-order valence-corrected chi connectivity index (χ3v) is 2.27. The molecule has 0 aliphatic carbocycles. The lowest BCUT2D eigenvalue weighted by Gasteiger charge is -2.05. The maximum atomic E-state index is 10.9. The van der Waals surface area contributed by atoms with Crippen LogP contribution in [0.25, 0.3) is 0 Å². The fourth-order valence-corrected chi connectivity index (χ4v) is 1.42. The standard InChI is InChI=1S/C12H12N4O2/c1-2-3-4-5-7-14-12-11(16(17)18)10(9-13)6-8-15-12/h1,6,8H,3-5,7H2,(H,14,15). The highest BCUT2D eigenvalue weighted by atomic mass is 16.6. The van der Waals surface area contributed by atoms with Crippen LogP contribution in [0.5, 0.6) is 0 Å². The average Bonchev–Trinajstić information content (AvgIpc) is 2.37. The minimum atomic E-state index is -0.602. The lowest BCUT2D eigenvalue weighted by Crippen LogP contribution is -2.07. The molecule has 0 aromatic carbocycles. The summed E-state index contributed by atoms with van der Waals surface area (Å²) in [5.41, 5.74) is -0.280. The van der Waals surface area contributed by atoms with E-state index in [-0.39, 0.29) is 17.1 Å². The van der Waals surface area contributed by atoms with Crippen LogP contribution < -0.4 is 5.32 Å². The van der Waals surface area contributed by atoms with Gasteiger partial charge in [0.2, 0.25) is 5.82 Å². The van der Waals surface area contributed by atoms with Gasteiger partial charge in [0.05, 0.1) is 4.92 Å². The molecule has 1 heterocycles. The molecule has 6 heteroatoms. The lowest BCUT2D eigenvalue weighted by atomic mass is 10.2. The number of anilines is 1. The molecule has 1 N–H and O–H groups in total. The first-order valence-corrected chi connectivity index (χ1v) is 5.41. The summed E-state index contributed by atoms with van der Waals surface area (Å²) in [6, 6.07) is 3.10. The highest BCUT2D eigenvalue weighted by Crippen LogP contribution is 2.25. The van der Waals surface area contributed by atoms with E-state index in [1.165, 1.54) is 12.3 Å². The number of aromatic nitrogens is 1. The molecule has 0 fully saturated rings. The highest BCUT2D eigenvalue weighted by Gasteiger charge is 2.20. The van der Waals surface area contributed by atoms with Crippen LogP contribution >= 0.6 is 0 Å². The van der Waals surface area contributed by atoms with E-state index in [2.05, 4.69) is 16.2 Å². The van der Waals surface area contributed by atoms with Crippen molar-refractivity contribution in [2.24, 2.45) is 0 Å². The molecule has 0 aliphatic heterocycles. The summed E-state index contributed by atoms with van der Waals surface area (Å²) in [4.78, 5) is 14.2. The van der Waals surface area contributed by atoms with Gasteiger partial charge in [-0.25, -0.2) is 4.98 Å². The molecule has 0 atom stereocenters. The second kappa shape index (κ2) is 6.87. The molecular weight excluding hydrogens is 232 g/mol. The van der Waals surface area contributed by atoms with Crippen LogP contribution in [0.15, 0.2) is 12.3 Å². The fraction of sp³-hybridized carbons (Fsp3) is 0.333. The van der Waals surface area contributed by atoms with Crippen molar-refractivity contribution in [3.05, 3.63) is 27.9 Å². The van der Waals surface area contributed by atoms with E-state index in [1.807, 2.05) is 0 Å². The summed E-state index contributed by atoms with van der Waals surface area (Å²) < 4.78 is 0. The highest BCUT2D eigenvalue weighted by molar-refractivity contribution is 5.63. The van der Waals surface area contributed by atoms with Gasteiger partial charge >= 0.3 is 5.69 Å². The second-order valence-electron chi connectivity index (χ2n) is 3.51. The fourth-order valence-electron chi connectivity index (χ4n) is 1.42. The van der Waals surface area contributed by atoms with Crippen molar-refractivity contribution in [3.8, 4) is 18.4 Å². The molecule has 0 saturated carbocycles. The van der Waals surface area contributed by atoms with Crippen LogP contribution in [0.1, 0.15) is 24.8 Å². The molecule has 1 aromatic rings. The summed E-state index contributed by atoms with van der Waals surface area (Å²) in [5, 5.41) is 22.5. The number of nitrogens with one attached hydrogen (secondary N) is 1. The summed E-state index contributed by atoms with van der Waals surface area (Å²) >= 11 is 0. The molecule has 1 aromatic heterocycles. The number of hydrogen-bond donors (Lipinski definition) is 1. The molecule has 0 radical (unpaired) electrons. The van der Waals surface area contributed by atoms with E-state index >= 15 is 0 Å². The Hall–Kier alpha value is -2.60. The van der Waals surface area contributed by atoms with Gasteiger partial charge in [0.1, 0.15) is 11.6 Å². The largest absolute Gasteiger partial charge is 0.364 e. The number of rotatable bonds is 6. The quantitative estimate of drug-likeness (QED) is 0.358. The van der Waals surface area contributed by atoms with E-state index < -0.39 is 4.92 Å². The topological polar surface area (TPSA) is 91.8 Å². The Morgan fingerprint density at radius 1 is 1.56 bits per heavy atom. The predicted octanol–water partition coefficient (Wildman–Crippen LogP) is 2.08. The van der Waals surface area contributed by atoms with Gasteiger partial charge in [-0.1, -0.05) is 0 Å². The Balaban J connectivity index is 2.74. The molecule has 0 unspecified atom stereocenters. The van der Waals surface area contributed by atoms with Crippen molar-refractivity contribution in [3.63, 3.8) is 0 Å². The zero-order valence-electron chi connectivity index (χ0n) is 9.72. The molecule has 0 spiro atoms. The average molecular weight is 244 g/mol. The van der Waals surface area contributed by atoms with Gasteiger partial charge in [-0.2, -0.15) is 5.26 Å². The van der Waals surface area contributed by atoms with E-state index in [0.717, 1.165) is 12.8 Å². The summed E-state index contributed by atoms with van der Waals surface area (Å²) in [7, 11) is 0. The molecule has 0 bridgehead atoms. The third kappa shape index (κ3) is 3.46. The first kappa shape index (κ1) is 13.5. The van der Waals surface area contributed by atoms with Crippen LogP contribution in [0.4, 0.5) is 11.5 Å². The number of nitriles is 1. The normalized spacial score (nSPS) is 9.22. The van der Waals surface area contributed by atoms with Crippen LogP contribution in [0.3, 0.4) is 0 Å². The third-order valence-electron chi connectivity index (χ3n) is 2.27. The van der Waals surface area contributed by atoms with Gasteiger partial charge in [0.25, 0.3) is 0 Å². The van der Waals surface area contributed by atoms with Crippen molar-refractivity contribution in [1.82, 2.24) is 4.98 Å². The second-order valence-corrected chi connectivity index (χ2v) is 3.51. The first-order valence-electron chi connectivity index (χ1n) is 5.41. The van der Waals surface area contributed by atoms with Gasteiger partial charge in [-0.3, -0.25) is 10.1 Å². The minimum Gasteiger partial charge on any atom is -0.364 e. The number of nitro groups is 1. The lowest BCUT2D eigenvalue weighted by molar-refractivity contribution is -0.384. The van der Waals surface area contributed by atoms with E-state index in [1.54, 1.807) is 6.07 Å². The predicted molar refractivity (Wildman–Crippen MR) is 66.8 cm³/mol. The first-order chi connectivity index (χ1) is 8.70. The van der Waals surface area contributed by atoms with Gasteiger partial charge in [-0.15, -0.1) is 12.3 Å². The maximum absolute atomic E-state index is 10.9. The van der Waals surface area contributed by atoms with E-state index in [9.17, 15) is 10.1 Å². The smallest absolute Gasteiger partial charge is 0.328 e. The van der Waals surface area contributed by atoms with Crippen molar-refractivity contribution < 1.29 is 4.92 Å². The monoisotopic (exact) mass is 244 g/mol. The van der Waals surface area contributed by atoms with Gasteiger partial charge in [-0.05, 0) is 18.9 Å². The van der Waals surface area contributed by atoms with Crippen molar-refractivity contribution in [1.29, 1.82) is 5.26 Å². The van der Waals surface area contributed by atoms with Gasteiger partial charge in [0.15, 0.2) is 0 Å². The molecule has 6 nitrogen and oxygen atoms in total. The zero-order chi connectivity index (χ0) is 13.4. The zero-order valence-corrected chi connectivity index (χ0v) is 9.72. The summed E-state index contributed by atoms with van der Waals surface area (Å²) in [5.74, 6) is 2.64. The Morgan fingerprint density at radius 2 is 2.33 bits per heavy atom. The van der Waals surface area contributed by atoms with Crippen molar-refractivity contribution >= 4 is 11.5 Å². The molecule has 1 rings (SSSR count). The van der Waals surface area contributed by atoms with Gasteiger partial charge < -0.3 is 5.32 Å². The molecular formula is C12H12N4O2. The number of unbranched alkanes of at least 4 members (excludes halogenated alkanes) is 2.